The lowest BCUT2D eigenvalue weighted by Crippen LogP contribution is -2.37. The minimum Gasteiger partial charge on any atom is -0.481 e. The summed E-state index contributed by atoms with van der Waals surface area (Å²) in [6.45, 7) is 1.77. The lowest BCUT2D eigenvalue weighted by molar-refractivity contribution is -0.00658. The molecule has 1 N–H and O–H groups in total. The fourth-order valence-electron chi connectivity index (χ4n) is 4.22. The predicted molar refractivity (Wildman–Crippen MR) is 140 cm³/mol. The molecule has 3 rings (SSSR count). The Hall–Kier alpha value is -2.73. The van der Waals surface area contributed by atoms with Crippen LogP contribution >= 0.6 is 15.9 Å². The Morgan fingerprint density at radius 1 is 1.09 bits per heavy atom. The van der Waals surface area contributed by atoms with E-state index in [1.54, 1.807) is 12.1 Å². The van der Waals surface area contributed by atoms with Crippen LogP contribution in [0.1, 0.15) is 35.6 Å². The number of ether oxygens (including phenoxy) is 2. The molecule has 0 fully saturated rings. The zero-order valence-corrected chi connectivity index (χ0v) is 22.3. The van der Waals surface area contributed by atoms with Crippen LogP contribution in [0.2, 0.25) is 0 Å². The van der Waals surface area contributed by atoms with Crippen LogP contribution in [0, 0.1) is 18.8 Å². The van der Waals surface area contributed by atoms with E-state index in [2.05, 4.69) is 32.8 Å². The molecule has 186 valence electrons. The average Bonchev–Trinajstić information content (AvgIpc) is 2.85. The summed E-state index contributed by atoms with van der Waals surface area (Å²) in [5.74, 6) is 5.60. The Balaban J connectivity index is 2.28. The Morgan fingerprint density at radius 3 is 2.37 bits per heavy atom. The fraction of sp³-hybridized carbons (Fsp3) is 0.407. The molecule has 35 heavy (non-hydrogen) atoms. The third kappa shape index (κ3) is 6.29. The van der Waals surface area contributed by atoms with Crippen LogP contribution < -0.4 is 9.47 Å². The predicted octanol–water partition coefficient (Wildman–Crippen LogP) is 5.00. The maximum absolute atomic E-state index is 12.9. The highest BCUT2D eigenvalue weighted by molar-refractivity contribution is 9.10. The molecule has 0 radical (unpaired) electrons. The van der Waals surface area contributed by atoms with Crippen molar-refractivity contribution in [3.8, 4) is 23.6 Å². The van der Waals surface area contributed by atoms with E-state index in [0.717, 1.165) is 26.6 Å². The van der Waals surface area contributed by atoms with Gasteiger partial charge in [0.15, 0.2) is 0 Å². The van der Waals surface area contributed by atoms with Crippen molar-refractivity contribution in [2.45, 2.75) is 31.3 Å². The van der Waals surface area contributed by atoms with Crippen LogP contribution in [-0.2, 0) is 5.60 Å². The Labute approximate surface area is 214 Å². The van der Waals surface area contributed by atoms with E-state index in [1.165, 1.54) is 14.2 Å². The SMILES string of the molecule is COc1cc(C(O)(CCN(C)C)C(CC#CCF)c2cc3cc(Br)ccc3nc2C)cc(OC)n1. The van der Waals surface area contributed by atoms with Gasteiger partial charge in [0.1, 0.15) is 6.67 Å². The van der Waals surface area contributed by atoms with Gasteiger partial charge in [-0.15, -0.1) is 0 Å². The minimum atomic E-state index is -1.40. The van der Waals surface area contributed by atoms with Crippen LogP contribution in [-0.4, -0.2) is 61.5 Å². The third-order valence-electron chi connectivity index (χ3n) is 6.09. The van der Waals surface area contributed by atoms with Crippen LogP contribution in [0.25, 0.3) is 10.9 Å². The molecule has 8 heteroatoms. The molecule has 0 aliphatic heterocycles. The van der Waals surface area contributed by atoms with Crippen molar-refractivity contribution in [1.82, 2.24) is 14.9 Å². The van der Waals surface area contributed by atoms with Crippen molar-refractivity contribution in [2.24, 2.45) is 0 Å². The van der Waals surface area contributed by atoms with Crippen molar-refractivity contribution >= 4 is 26.8 Å². The molecule has 0 spiro atoms. The molecule has 3 aromatic rings. The summed E-state index contributed by atoms with van der Waals surface area (Å²) < 4.78 is 24.7. The number of halogens is 2. The second-order valence-corrected chi connectivity index (χ2v) is 9.58. The number of rotatable bonds is 9. The Morgan fingerprint density at radius 2 is 1.77 bits per heavy atom. The van der Waals surface area contributed by atoms with Gasteiger partial charge in [-0.05, 0) is 62.8 Å². The second kappa shape index (κ2) is 11.8. The molecule has 0 aliphatic carbocycles. The zero-order valence-electron chi connectivity index (χ0n) is 20.7. The first-order valence-electron chi connectivity index (χ1n) is 11.3. The van der Waals surface area contributed by atoms with Crippen molar-refractivity contribution < 1.29 is 19.0 Å². The van der Waals surface area contributed by atoms with Gasteiger partial charge in [-0.25, -0.2) is 4.39 Å². The number of hydrogen-bond donors (Lipinski definition) is 1. The lowest BCUT2D eigenvalue weighted by Gasteiger charge is -2.38. The summed E-state index contributed by atoms with van der Waals surface area (Å²) >= 11 is 3.53. The van der Waals surface area contributed by atoms with Gasteiger partial charge in [0.2, 0.25) is 11.8 Å². The number of fused-ring (bicyclic) bond motifs is 1. The van der Waals surface area contributed by atoms with Gasteiger partial charge in [0.25, 0.3) is 0 Å². The van der Waals surface area contributed by atoms with Crippen LogP contribution in [0.15, 0.2) is 40.9 Å². The summed E-state index contributed by atoms with van der Waals surface area (Å²) in [5, 5.41) is 13.4. The number of alkyl halides is 1. The Kier molecular flexibility index (Phi) is 9.06. The first-order valence-corrected chi connectivity index (χ1v) is 12.1. The van der Waals surface area contributed by atoms with Gasteiger partial charge in [0.05, 0.1) is 25.3 Å². The maximum Gasteiger partial charge on any atom is 0.216 e. The molecule has 0 aliphatic rings. The zero-order chi connectivity index (χ0) is 25.6. The molecular weight excluding hydrogens is 513 g/mol. The fourth-order valence-corrected chi connectivity index (χ4v) is 4.60. The number of nitrogens with zero attached hydrogens (tertiary/aromatic N) is 3. The molecule has 2 aromatic heterocycles. The van der Waals surface area contributed by atoms with E-state index in [-0.39, 0.29) is 6.42 Å². The molecule has 2 heterocycles. The normalized spacial score (nSPS) is 13.7. The number of benzene rings is 1. The van der Waals surface area contributed by atoms with Gasteiger partial charge in [-0.1, -0.05) is 27.8 Å². The molecule has 0 amide bonds. The topological polar surface area (TPSA) is 67.7 Å². The number of aromatic nitrogens is 2. The maximum atomic E-state index is 12.9. The summed E-state index contributed by atoms with van der Waals surface area (Å²) in [6, 6.07) is 11.4. The standard InChI is InChI=1S/C27H31BrFN3O3/c1-18-22(15-19-14-21(28)9-10-24(19)30-18)23(8-6-7-12-29)27(33,11-13-32(2)3)20-16-25(34-4)31-26(17-20)35-5/h9-10,14-17,23,33H,8,11-13H2,1-5H3. The third-order valence-corrected chi connectivity index (χ3v) is 6.59. The van der Waals surface area contributed by atoms with E-state index >= 15 is 0 Å². The van der Waals surface area contributed by atoms with Crippen LogP contribution in [0.3, 0.4) is 0 Å². The van der Waals surface area contributed by atoms with Crippen LogP contribution in [0.5, 0.6) is 11.8 Å². The van der Waals surface area contributed by atoms with Crippen molar-refractivity contribution in [3.63, 3.8) is 0 Å². The summed E-state index contributed by atoms with van der Waals surface area (Å²) in [4.78, 5) is 11.1. The van der Waals surface area contributed by atoms with Crippen molar-refractivity contribution in [3.05, 3.63) is 57.7 Å². The number of pyridine rings is 2. The summed E-state index contributed by atoms with van der Waals surface area (Å²) in [7, 11) is 6.94. The van der Waals surface area contributed by atoms with Gasteiger partial charge in [0, 0.05) is 46.6 Å². The molecule has 2 atom stereocenters. The molecule has 0 saturated carbocycles. The van der Waals surface area contributed by atoms with E-state index in [1.807, 2.05) is 50.2 Å². The summed E-state index contributed by atoms with van der Waals surface area (Å²) in [5.41, 5.74) is 1.67. The van der Waals surface area contributed by atoms with Gasteiger partial charge < -0.3 is 19.5 Å². The first-order chi connectivity index (χ1) is 16.7. The molecule has 0 bridgehead atoms. The van der Waals surface area contributed by atoms with E-state index in [0.29, 0.717) is 30.3 Å². The van der Waals surface area contributed by atoms with Crippen molar-refractivity contribution in [1.29, 1.82) is 0 Å². The quantitative estimate of drug-likeness (QED) is 0.383. The largest absolute Gasteiger partial charge is 0.481 e. The number of aliphatic hydroxyl groups is 1. The number of hydrogen-bond acceptors (Lipinski definition) is 6. The molecule has 2 unspecified atom stereocenters. The van der Waals surface area contributed by atoms with E-state index < -0.39 is 18.2 Å². The second-order valence-electron chi connectivity index (χ2n) is 8.66. The first kappa shape index (κ1) is 26.9. The average molecular weight is 544 g/mol. The highest BCUT2D eigenvalue weighted by atomic mass is 79.9. The monoisotopic (exact) mass is 543 g/mol. The van der Waals surface area contributed by atoms with Gasteiger partial charge in [-0.3, -0.25) is 4.98 Å². The van der Waals surface area contributed by atoms with Gasteiger partial charge in [-0.2, -0.15) is 4.98 Å². The smallest absolute Gasteiger partial charge is 0.216 e. The van der Waals surface area contributed by atoms with Crippen molar-refractivity contribution in [2.75, 3.05) is 41.5 Å². The van der Waals surface area contributed by atoms with Gasteiger partial charge >= 0.3 is 0 Å². The minimum absolute atomic E-state index is 0.239. The molecule has 1 aromatic carbocycles. The molecule has 0 saturated heterocycles. The van der Waals surface area contributed by atoms with Crippen LogP contribution in [0.4, 0.5) is 4.39 Å². The van der Waals surface area contributed by atoms with E-state index in [4.69, 9.17) is 14.5 Å². The Bertz CT molecular complexity index is 1220. The van der Waals surface area contributed by atoms with E-state index in [9.17, 15) is 9.50 Å². The summed E-state index contributed by atoms with van der Waals surface area (Å²) in [6.07, 6.45) is 0.622. The highest BCUT2D eigenvalue weighted by Crippen LogP contribution is 2.45. The lowest BCUT2D eigenvalue weighted by atomic mass is 9.73. The molecular formula is C27H31BrFN3O3. The molecule has 6 nitrogen and oxygen atoms in total. The number of aryl methyl sites for hydroxylation is 1. The highest BCUT2D eigenvalue weighted by Gasteiger charge is 2.41. The number of methoxy groups -OCH3 is 2.